The molecule has 0 amide bonds. The third-order valence-electron chi connectivity index (χ3n) is 12.9. The fraction of sp³-hybridized carbons (Fsp3) is 0. The first-order valence-corrected chi connectivity index (χ1v) is 22.3. The summed E-state index contributed by atoms with van der Waals surface area (Å²) < 4.78 is 8.71. The highest BCUT2D eigenvalue weighted by atomic mass is 16.3. The molecule has 0 saturated carbocycles. The van der Waals surface area contributed by atoms with E-state index in [2.05, 4.69) is 211 Å². The van der Waals surface area contributed by atoms with Crippen molar-refractivity contribution in [1.29, 1.82) is 0 Å². The van der Waals surface area contributed by atoms with Gasteiger partial charge in [0.2, 0.25) is 5.95 Å². The molecule has 0 bridgehead atoms. The third kappa shape index (κ3) is 6.28. The van der Waals surface area contributed by atoms with Gasteiger partial charge in [0, 0.05) is 38.2 Å². The number of aromatic nitrogens is 4. The molecule has 13 rings (SSSR count). The minimum absolute atomic E-state index is 0.558. The lowest BCUT2D eigenvalue weighted by Gasteiger charge is -2.13. The molecule has 0 radical (unpaired) electrons. The van der Waals surface area contributed by atoms with Crippen LogP contribution in [0.25, 0.3) is 128 Å². The lowest BCUT2D eigenvalue weighted by Crippen LogP contribution is -2.06. The molecule has 0 saturated heterocycles. The average molecular weight is 843 g/mol. The van der Waals surface area contributed by atoms with Crippen LogP contribution in [0.2, 0.25) is 0 Å². The van der Waals surface area contributed by atoms with Crippen molar-refractivity contribution in [3.05, 3.63) is 231 Å². The second-order valence-corrected chi connectivity index (χ2v) is 16.7. The van der Waals surface area contributed by atoms with Crippen molar-refractivity contribution in [2.75, 3.05) is 0 Å². The molecular formula is C61H38N4O. The quantitative estimate of drug-likeness (QED) is 0.160. The maximum Gasteiger partial charge on any atom is 0.238 e. The summed E-state index contributed by atoms with van der Waals surface area (Å²) >= 11 is 0. The van der Waals surface area contributed by atoms with Gasteiger partial charge in [0.1, 0.15) is 11.2 Å². The maximum atomic E-state index is 6.52. The Labute approximate surface area is 380 Å². The van der Waals surface area contributed by atoms with Crippen LogP contribution in [0.3, 0.4) is 0 Å². The fourth-order valence-electron chi connectivity index (χ4n) is 9.72. The van der Waals surface area contributed by atoms with Gasteiger partial charge in [-0.25, -0.2) is 4.98 Å². The largest absolute Gasteiger partial charge is 0.455 e. The number of rotatable bonds is 7. The van der Waals surface area contributed by atoms with Crippen molar-refractivity contribution >= 4 is 54.5 Å². The van der Waals surface area contributed by atoms with Crippen LogP contribution >= 0.6 is 0 Å². The Kier molecular flexibility index (Phi) is 8.78. The van der Waals surface area contributed by atoms with Gasteiger partial charge >= 0.3 is 0 Å². The number of hydrogen-bond donors (Lipinski definition) is 0. The zero-order chi connectivity index (χ0) is 43.6. The van der Waals surface area contributed by atoms with Gasteiger partial charge < -0.3 is 4.42 Å². The van der Waals surface area contributed by atoms with E-state index in [4.69, 9.17) is 19.4 Å². The maximum absolute atomic E-state index is 6.52. The SMILES string of the molecule is c1ccc(-c2ccc(-c3nc(-c4ccc(-c5ccccc5)cc4)nc(-n4c5ccccc5c5cc(-c6cccc7c(-c8cccc9c8oc8ccccc89)cccc67)ccc54)n3)cc2)cc1. The van der Waals surface area contributed by atoms with Crippen LogP contribution < -0.4 is 0 Å². The number of benzene rings is 10. The van der Waals surface area contributed by atoms with E-state index in [1.807, 2.05) is 24.3 Å². The molecule has 0 atom stereocenters. The minimum atomic E-state index is 0.558. The van der Waals surface area contributed by atoms with Gasteiger partial charge in [-0.2, -0.15) is 9.97 Å². The molecule has 3 aromatic heterocycles. The van der Waals surface area contributed by atoms with E-state index >= 15 is 0 Å². The van der Waals surface area contributed by atoms with Crippen molar-refractivity contribution in [3.8, 4) is 73.2 Å². The first-order chi connectivity index (χ1) is 32.7. The summed E-state index contributed by atoms with van der Waals surface area (Å²) in [6.45, 7) is 0. The zero-order valence-corrected chi connectivity index (χ0v) is 35.6. The predicted molar refractivity (Wildman–Crippen MR) is 272 cm³/mol. The Balaban J connectivity index is 0.960. The summed E-state index contributed by atoms with van der Waals surface area (Å²) in [4.78, 5) is 15.7. The summed E-state index contributed by atoms with van der Waals surface area (Å²) in [6.07, 6.45) is 0. The van der Waals surface area contributed by atoms with E-state index in [1.165, 1.54) is 10.8 Å². The highest BCUT2D eigenvalue weighted by Gasteiger charge is 2.20. The molecular weight excluding hydrogens is 805 g/mol. The Morgan fingerprint density at radius 1 is 0.288 bits per heavy atom. The Morgan fingerprint density at radius 3 is 1.42 bits per heavy atom. The molecule has 0 spiro atoms. The van der Waals surface area contributed by atoms with Gasteiger partial charge in [-0.1, -0.05) is 206 Å². The van der Waals surface area contributed by atoms with Crippen molar-refractivity contribution < 1.29 is 4.42 Å². The molecule has 308 valence electrons. The summed E-state index contributed by atoms with van der Waals surface area (Å²) in [5.41, 5.74) is 14.8. The topological polar surface area (TPSA) is 56.7 Å². The standard InChI is InChI=1S/C61H38N4O/c1-3-14-39(15-4-1)41-28-32-43(33-29-41)59-62-60(44-34-30-42(31-35-44)40-16-5-2-6-17-40)64-61(63-59)65-55-26-9-7-18-50(55)54-38-45(36-37-56(54)65)46-20-11-22-48-47(46)21-12-23-49(48)52-24-13-25-53-51-19-8-10-27-57(51)66-58(52)53/h1-38H. The number of para-hydroxylation sites is 3. The van der Waals surface area contributed by atoms with E-state index < -0.39 is 0 Å². The lowest BCUT2D eigenvalue weighted by molar-refractivity contribution is 0.670. The van der Waals surface area contributed by atoms with Crippen LogP contribution in [0.5, 0.6) is 0 Å². The van der Waals surface area contributed by atoms with E-state index in [-0.39, 0.29) is 0 Å². The monoisotopic (exact) mass is 842 g/mol. The molecule has 3 heterocycles. The number of fused-ring (bicyclic) bond motifs is 7. The lowest BCUT2D eigenvalue weighted by atomic mass is 9.92. The van der Waals surface area contributed by atoms with Crippen molar-refractivity contribution in [3.63, 3.8) is 0 Å². The molecule has 0 unspecified atom stereocenters. The van der Waals surface area contributed by atoms with Gasteiger partial charge in [0.25, 0.3) is 0 Å². The summed E-state index contributed by atoms with van der Waals surface area (Å²) in [5.74, 6) is 1.77. The van der Waals surface area contributed by atoms with Crippen molar-refractivity contribution in [1.82, 2.24) is 19.5 Å². The van der Waals surface area contributed by atoms with Crippen LogP contribution in [0.4, 0.5) is 0 Å². The second kappa shape index (κ2) is 15.4. The van der Waals surface area contributed by atoms with Crippen LogP contribution in [0.15, 0.2) is 235 Å². The molecule has 5 heteroatoms. The van der Waals surface area contributed by atoms with Gasteiger partial charge in [-0.15, -0.1) is 0 Å². The molecule has 13 aromatic rings. The second-order valence-electron chi connectivity index (χ2n) is 16.7. The van der Waals surface area contributed by atoms with Gasteiger partial charge in [-0.05, 0) is 74.0 Å². The summed E-state index contributed by atoms with van der Waals surface area (Å²) in [7, 11) is 0. The normalized spacial score (nSPS) is 11.6. The zero-order valence-electron chi connectivity index (χ0n) is 35.6. The third-order valence-corrected chi connectivity index (χ3v) is 12.9. The number of furan rings is 1. The van der Waals surface area contributed by atoms with E-state index in [9.17, 15) is 0 Å². The van der Waals surface area contributed by atoms with Crippen molar-refractivity contribution in [2.24, 2.45) is 0 Å². The highest BCUT2D eigenvalue weighted by Crippen LogP contribution is 2.42. The van der Waals surface area contributed by atoms with Crippen LogP contribution in [0.1, 0.15) is 0 Å². The Hall–Kier alpha value is -8.93. The number of hydrogen-bond acceptors (Lipinski definition) is 4. The smallest absolute Gasteiger partial charge is 0.238 e. The molecule has 0 aliphatic rings. The Morgan fingerprint density at radius 2 is 0.758 bits per heavy atom. The molecule has 0 fully saturated rings. The molecule has 0 aliphatic heterocycles. The molecule has 10 aromatic carbocycles. The van der Waals surface area contributed by atoms with Crippen molar-refractivity contribution in [2.45, 2.75) is 0 Å². The van der Waals surface area contributed by atoms with Gasteiger partial charge in [-0.3, -0.25) is 4.57 Å². The van der Waals surface area contributed by atoms with Crippen LogP contribution in [-0.2, 0) is 0 Å². The molecule has 0 aliphatic carbocycles. The molecule has 5 nitrogen and oxygen atoms in total. The summed E-state index contributed by atoms with van der Waals surface area (Å²) in [5, 5.41) is 6.83. The first kappa shape index (κ1) is 37.6. The molecule has 0 N–H and O–H groups in total. The van der Waals surface area contributed by atoms with Crippen LogP contribution in [-0.4, -0.2) is 19.5 Å². The van der Waals surface area contributed by atoms with E-state index in [0.717, 1.165) is 99.4 Å². The number of nitrogens with zero attached hydrogens (tertiary/aromatic N) is 4. The fourth-order valence-corrected chi connectivity index (χ4v) is 9.72. The molecule has 66 heavy (non-hydrogen) atoms. The van der Waals surface area contributed by atoms with E-state index in [1.54, 1.807) is 0 Å². The van der Waals surface area contributed by atoms with Crippen LogP contribution in [0, 0.1) is 0 Å². The minimum Gasteiger partial charge on any atom is -0.455 e. The highest BCUT2D eigenvalue weighted by molar-refractivity contribution is 6.15. The Bertz CT molecular complexity index is 3860. The summed E-state index contributed by atoms with van der Waals surface area (Å²) in [6, 6.07) is 81.1. The van der Waals surface area contributed by atoms with Gasteiger partial charge in [0.15, 0.2) is 11.6 Å². The average Bonchev–Trinajstić information content (AvgIpc) is 3.95. The first-order valence-electron chi connectivity index (χ1n) is 22.3. The van der Waals surface area contributed by atoms with E-state index in [0.29, 0.717) is 17.6 Å². The predicted octanol–water partition coefficient (Wildman–Crippen LogP) is 16.0. The van der Waals surface area contributed by atoms with Gasteiger partial charge in [0.05, 0.1) is 11.0 Å².